The lowest BCUT2D eigenvalue weighted by Crippen LogP contribution is -2.40. The monoisotopic (exact) mass is 238 g/mol. The van der Waals surface area contributed by atoms with Crippen LogP contribution in [0.3, 0.4) is 0 Å². The van der Waals surface area contributed by atoms with Gasteiger partial charge in [0.1, 0.15) is 0 Å². The van der Waals surface area contributed by atoms with E-state index in [1.54, 1.807) is 0 Å². The molecule has 0 heterocycles. The number of amides is 2. The first-order valence-electron chi connectivity index (χ1n) is 3.94. The molecule has 0 aromatic carbocycles. The van der Waals surface area contributed by atoms with Crippen LogP contribution in [0.5, 0.6) is 0 Å². The van der Waals surface area contributed by atoms with Gasteiger partial charge in [-0.25, -0.2) is 4.31 Å². The van der Waals surface area contributed by atoms with Gasteiger partial charge in [-0.3, -0.25) is 24.6 Å². The molecule has 2 atom stereocenters. The van der Waals surface area contributed by atoms with Crippen molar-refractivity contribution in [2.45, 2.75) is 12.5 Å². The maximum absolute atomic E-state index is 10.9. The second-order valence-corrected chi connectivity index (χ2v) is 3.75. The van der Waals surface area contributed by atoms with Crippen molar-refractivity contribution in [3.8, 4) is 0 Å². The van der Waals surface area contributed by atoms with Crippen LogP contribution < -0.4 is 10.9 Å². The zero-order valence-electron chi connectivity index (χ0n) is 8.00. The van der Waals surface area contributed by atoms with Gasteiger partial charge in [0.05, 0.1) is 12.5 Å². The van der Waals surface area contributed by atoms with Crippen molar-refractivity contribution < 1.29 is 23.5 Å². The number of nitrogens with zero attached hydrogens (tertiary/aromatic N) is 1. The molecule has 0 spiro atoms. The number of likely N-dealkylation sites (N-methyl/N-ethyl adjacent to an activating group) is 1. The van der Waals surface area contributed by atoms with Gasteiger partial charge >= 0.3 is 0 Å². The van der Waals surface area contributed by atoms with Crippen LogP contribution in [0.1, 0.15) is 6.42 Å². The molecule has 8 nitrogen and oxygen atoms in total. The Balaban J connectivity index is 3.82. The molecular formula is C6H12N3O5S-. The third-order valence-electron chi connectivity index (χ3n) is 1.41. The minimum Gasteiger partial charge on any atom is -0.760 e. The minimum absolute atomic E-state index is 0.190. The number of hydrogen-bond donors (Lipinski definition) is 3. The quantitative estimate of drug-likeness (QED) is 0.252. The van der Waals surface area contributed by atoms with Gasteiger partial charge in [0.25, 0.3) is 0 Å². The molecular weight excluding hydrogens is 226 g/mol. The topological polar surface area (TPSA) is 122 Å². The Morgan fingerprint density at radius 2 is 2.33 bits per heavy atom. The molecule has 0 saturated heterocycles. The number of carbonyl (C=O) groups is 2. The van der Waals surface area contributed by atoms with E-state index in [4.69, 9.17) is 0 Å². The zero-order chi connectivity index (χ0) is 11.8. The second kappa shape index (κ2) is 7.29. The van der Waals surface area contributed by atoms with Crippen molar-refractivity contribution in [3.05, 3.63) is 0 Å². The Morgan fingerprint density at radius 1 is 1.73 bits per heavy atom. The predicted molar refractivity (Wildman–Crippen MR) is 49.5 cm³/mol. The van der Waals surface area contributed by atoms with Gasteiger partial charge in [-0.15, -0.1) is 0 Å². The highest BCUT2D eigenvalue weighted by Crippen LogP contribution is 1.96. The Kier molecular flexibility index (Phi) is 6.79. The SMILES string of the molecule is CN(C[C@@H](O)CC(=O)NNC=O)S(=O)[O-]. The summed E-state index contributed by atoms with van der Waals surface area (Å²) in [7, 11) is 1.26. The average Bonchev–Trinajstić information content (AvgIpc) is 2.14. The number of hydrogen-bond acceptors (Lipinski definition) is 5. The fourth-order valence-electron chi connectivity index (χ4n) is 0.797. The van der Waals surface area contributed by atoms with Gasteiger partial charge in [0.15, 0.2) is 0 Å². The molecule has 0 aliphatic rings. The lowest BCUT2D eigenvalue weighted by molar-refractivity contribution is -0.126. The number of aliphatic hydroxyl groups excluding tert-OH is 1. The predicted octanol–water partition coefficient (Wildman–Crippen LogP) is -2.76. The third kappa shape index (κ3) is 6.96. The van der Waals surface area contributed by atoms with Gasteiger partial charge in [-0.2, -0.15) is 0 Å². The van der Waals surface area contributed by atoms with Crippen molar-refractivity contribution >= 4 is 23.6 Å². The van der Waals surface area contributed by atoms with E-state index in [-0.39, 0.29) is 19.4 Å². The number of aliphatic hydroxyl groups is 1. The molecule has 1 unspecified atom stereocenters. The third-order valence-corrected chi connectivity index (χ3v) is 2.07. The van der Waals surface area contributed by atoms with E-state index >= 15 is 0 Å². The van der Waals surface area contributed by atoms with Gasteiger partial charge in [0, 0.05) is 17.8 Å². The molecule has 88 valence electrons. The van der Waals surface area contributed by atoms with Crippen LogP contribution >= 0.6 is 0 Å². The van der Waals surface area contributed by atoms with Crippen molar-refractivity contribution in [2.24, 2.45) is 0 Å². The van der Waals surface area contributed by atoms with Crippen molar-refractivity contribution in [3.63, 3.8) is 0 Å². The van der Waals surface area contributed by atoms with E-state index in [1.165, 1.54) is 7.05 Å². The lowest BCUT2D eigenvalue weighted by Gasteiger charge is -2.21. The fraction of sp³-hybridized carbons (Fsp3) is 0.667. The van der Waals surface area contributed by atoms with Crippen molar-refractivity contribution in [1.82, 2.24) is 15.2 Å². The van der Waals surface area contributed by atoms with Crippen LogP contribution in [0.4, 0.5) is 0 Å². The summed E-state index contributed by atoms with van der Waals surface area (Å²) in [6.45, 7) is -0.190. The smallest absolute Gasteiger partial charge is 0.241 e. The largest absolute Gasteiger partial charge is 0.760 e. The van der Waals surface area contributed by atoms with E-state index in [1.807, 2.05) is 10.9 Å². The summed E-state index contributed by atoms with van der Waals surface area (Å²) >= 11 is -2.43. The molecule has 2 amide bonds. The minimum atomic E-state index is -2.43. The molecule has 0 fully saturated rings. The van der Waals surface area contributed by atoms with E-state index in [0.29, 0.717) is 0 Å². The summed E-state index contributed by atoms with van der Waals surface area (Å²) in [4.78, 5) is 20.7. The molecule has 0 aromatic heterocycles. The molecule has 0 radical (unpaired) electrons. The van der Waals surface area contributed by atoms with Crippen molar-refractivity contribution in [2.75, 3.05) is 13.6 Å². The standard InChI is InChI=1S/C6H13N3O5S/c1-9(15(13)14)3-5(11)2-6(12)8-7-4-10/h4-5,11H,2-3H2,1H3,(H,7,10)(H,8,12)(H,13,14)/p-1/t5-/m0/s1. The van der Waals surface area contributed by atoms with Gasteiger partial charge in [0.2, 0.25) is 12.3 Å². The lowest BCUT2D eigenvalue weighted by atomic mass is 10.2. The Bertz CT molecular complexity index is 249. The maximum atomic E-state index is 10.9. The summed E-state index contributed by atoms with van der Waals surface area (Å²) in [6, 6.07) is 0. The molecule has 0 saturated carbocycles. The summed E-state index contributed by atoms with van der Waals surface area (Å²) < 4.78 is 21.5. The first-order valence-corrected chi connectivity index (χ1v) is 4.97. The molecule has 0 bridgehead atoms. The Morgan fingerprint density at radius 3 is 2.80 bits per heavy atom. The molecule has 9 heteroatoms. The first kappa shape index (κ1) is 14.0. The summed E-state index contributed by atoms with van der Waals surface area (Å²) in [5.74, 6) is -0.611. The second-order valence-electron chi connectivity index (χ2n) is 2.70. The summed E-state index contributed by atoms with van der Waals surface area (Å²) in [5.41, 5.74) is 3.88. The van der Waals surface area contributed by atoms with E-state index in [0.717, 1.165) is 4.31 Å². The van der Waals surface area contributed by atoms with Crippen LogP contribution in [-0.2, 0) is 20.9 Å². The molecule has 3 N–H and O–H groups in total. The van der Waals surface area contributed by atoms with Gasteiger partial charge < -0.3 is 9.66 Å². The maximum Gasteiger partial charge on any atom is 0.241 e. The number of carbonyl (C=O) groups excluding carboxylic acids is 2. The van der Waals surface area contributed by atoms with E-state index in [2.05, 4.69) is 0 Å². The van der Waals surface area contributed by atoms with Crippen LogP contribution in [0.15, 0.2) is 0 Å². The van der Waals surface area contributed by atoms with Crippen LogP contribution in [0.25, 0.3) is 0 Å². The highest BCUT2D eigenvalue weighted by molar-refractivity contribution is 7.76. The van der Waals surface area contributed by atoms with Crippen LogP contribution in [0.2, 0.25) is 0 Å². The highest BCUT2D eigenvalue weighted by Gasteiger charge is 2.12. The summed E-state index contributed by atoms with van der Waals surface area (Å²) in [5, 5.41) is 9.25. The molecule has 0 aromatic rings. The van der Waals surface area contributed by atoms with Crippen molar-refractivity contribution in [1.29, 1.82) is 0 Å². The fourth-order valence-corrected chi connectivity index (χ4v) is 1.09. The van der Waals surface area contributed by atoms with Crippen LogP contribution in [-0.4, -0.2) is 50.2 Å². The molecule has 0 rings (SSSR count). The van der Waals surface area contributed by atoms with Gasteiger partial charge in [-0.05, 0) is 7.05 Å². The molecule has 0 aliphatic carbocycles. The summed E-state index contributed by atoms with van der Waals surface area (Å²) in [6.07, 6.45) is -1.16. The first-order chi connectivity index (χ1) is 6.97. The number of nitrogens with one attached hydrogen (secondary N) is 2. The normalized spacial score (nSPS) is 14.4. The molecule has 15 heavy (non-hydrogen) atoms. The zero-order valence-corrected chi connectivity index (χ0v) is 8.82. The Hall–Kier alpha value is -1.03. The Labute approximate surface area is 89.0 Å². The van der Waals surface area contributed by atoms with Crippen LogP contribution in [0, 0.1) is 0 Å². The van der Waals surface area contributed by atoms with E-state index in [9.17, 15) is 23.5 Å². The number of hydrazine groups is 1. The number of rotatable bonds is 7. The molecule has 0 aliphatic heterocycles. The average molecular weight is 238 g/mol. The van der Waals surface area contributed by atoms with E-state index < -0.39 is 23.3 Å². The highest BCUT2D eigenvalue weighted by atomic mass is 32.2. The van der Waals surface area contributed by atoms with Gasteiger partial charge in [-0.1, -0.05) is 0 Å².